The van der Waals surface area contributed by atoms with Crippen LogP contribution in [0.2, 0.25) is 0 Å². The molecule has 0 saturated carbocycles. The van der Waals surface area contributed by atoms with E-state index in [-0.39, 0.29) is 0 Å². The van der Waals surface area contributed by atoms with Gasteiger partial charge in [0.1, 0.15) is 5.75 Å². The summed E-state index contributed by atoms with van der Waals surface area (Å²) < 4.78 is 7.54. The highest BCUT2D eigenvalue weighted by atomic mass is 16.5. The molecule has 0 aliphatic rings. The zero-order valence-corrected chi connectivity index (χ0v) is 10.7. The minimum Gasteiger partial charge on any atom is -0.494 e. The van der Waals surface area contributed by atoms with Gasteiger partial charge in [-0.15, -0.1) is 0 Å². The Morgan fingerprint density at radius 1 is 1.39 bits per heavy atom. The zero-order valence-electron chi connectivity index (χ0n) is 10.7. The minimum absolute atomic E-state index is 0.698. The second-order valence-corrected chi connectivity index (χ2v) is 4.04. The molecule has 0 saturated heterocycles. The molecule has 96 valence electrons. The molecule has 4 heteroatoms. The molecule has 0 amide bonds. The first-order valence-electron chi connectivity index (χ1n) is 6.31. The van der Waals surface area contributed by atoms with Crippen molar-refractivity contribution in [2.45, 2.75) is 19.9 Å². The molecule has 18 heavy (non-hydrogen) atoms. The van der Waals surface area contributed by atoms with Gasteiger partial charge < -0.3 is 14.6 Å². The van der Waals surface area contributed by atoms with E-state index in [2.05, 4.69) is 20.9 Å². The fourth-order valence-electron chi connectivity index (χ4n) is 1.78. The van der Waals surface area contributed by atoms with Gasteiger partial charge in [0.2, 0.25) is 0 Å². The summed E-state index contributed by atoms with van der Waals surface area (Å²) in [5.74, 6) is 0.914. The van der Waals surface area contributed by atoms with Gasteiger partial charge >= 0.3 is 0 Å². The average molecular weight is 245 g/mol. The van der Waals surface area contributed by atoms with Crippen LogP contribution < -0.4 is 10.1 Å². The molecule has 1 heterocycles. The van der Waals surface area contributed by atoms with Crippen molar-refractivity contribution in [2.75, 3.05) is 18.5 Å². The van der Waals surface area contributed by atoms with E-state index in [1.165, 1.54) is 0 Å². The normalized spacial score (nSPS) is 10.3. The summed E-state index contributed by atoms with van der Waals surface area (Å²) in [4.78, 5) is 4.02. The Bertz CT molecular complexity index is 454. The fraction of sp³-hybridized carbons (Fsp3) is 0.357. The molecule has 0 radical (unpaired) electrons. The number of hydrogen-bond acceptors (Lipinski definition) is 3. The van der Waals surface area contributed by atoms with Crippen LogP contribution in [0.25, 0.3) is 0 Å². The number of hydrogen-bond donors (Lipinski definition) is 1. The number of nitrogens with one attached hydrogen (secondary N) is 1. The van der Waals surface area contributed by atoms with E-state index in [9.17, 15) is 0 Å². The van der Waals surface area contributed by atoms with Crippen LogP contribution in [0.1, 0.15) is 13.3 Å². The molecule has 1 aromatic heterocycles. The van der Waals surface area contributed by atoms with E-state index in [4.69, 9.17) is 4.74 Å². The molecular formula is C14H19N3O. The standard InChI is InChI=1S/C14H19N3O/c1-2-18-14-6-3-5-13(11-14)16-7-4-9-17-10-8-15-12-17/h3,5-6,8,10-12,16H,2,4,7,9H2,1H3. The molecule has 0 unspecified atom stereocenters. The van der Waals surface area contributed by atoms with Gasteiger partial charge in [0, 0.05) is 37.2 Å². The van der Waals surface area contributed by atoms with Crippen LogP contribution in [0.3, 0.4) is 0 Å². The van der Waals surface area contributed by atoms with Gasteiger partial charge in [-0.1, -0.05) is 6.07 Å². The lowest BCUT2D eigenvalue weighted by atomic mass is 10.3. The fourth-order valence-corrected chi connectivity index (χ4v) is 1.78. The Kier molecular flexibility index (Phi) is 4.64. The predicted molar refractivity (Wildman–Crippen MR) is 72.9 cm³/mol. The molecule has 2 rings (SSSR count). The van der Waals surface area contributed by atoms with E-state index < -0.39 is 0 Å². The maximum atomic E-state index is 5.46. The molecule has 0 fully saturated rings. The summed E-state index contributed by atoms with van der Waals surface area (Å²) in [6, 6.07) is 8.06. The van der Waals surface area contributed by atoms with Crippen molar-refractivity contribution in [1.82, 2.24) is 9.55 Å². The van der Waals surface area contributed by atoms with Crippen LogP contribution in [0.5, 0.6) is 5.75 Å². The second kappa shape index (κ2) is 6.69. The van der Waals surface area contributed by atoms with Crippen LogP contribution >= 0.6 is 0 Å². The topological polar surface area (TPSA) is 39.1 Å². The molecule has 4 nitrogen and oxygen atoms in total. The molecule has 0 aliphatic heterocycles. The smallest absolute Gasteiger partial charge is 0.121 e. The van der Waals surface area contributed by atoms with Crippen LogP contribution in [-0.2, 0) is 6.54 Å². The molecule has 1 aromatic carbocycles. The van der Waals surface area contributed by atoms with E-state index in [0.717, 1.165) is 30.9 Å². The first-order chi connectivity index (χ1) is 8.88. The molecule has 2 aromatic rings. The molecule has 0 atom stereocenters. The van der Waals surface area contributed by atoms with Crippen LogP contribution in [0.4, 0.5) is 5.69 Å². The van der Waals surface area contributed by atoms with Crippen LogP contribution in [0.15, 0.2) is 43.0 Å². The number of nitrogens with zero attached hydrogens (tertiary/aromatic N) is 2. The monoisotopic (exact) mass is 245 g/mol. The Morgan fingerprint density at radius 2 is 2.33 bits per heavy atom. The highest BCUT2D eigenvalue weighted by Gasteiger charge is 1.96. The molecule has 0 spiro atoms. The highest BCUT2D eigenvalue weighted by Crippen LogP contribution is 2.17. The third kappa shape index (κ3) is 3.80. The largest absolute Gasteiger partial charge is 0.494 e. The summed E-state index contributed by atoms with van der Waals surface area (Å²) in [6.07, 6.45) is 6.69. The van der Waals surface area contributed by atoms with Crippen molar-refractivity contribution in [3.63, 3.8) is 0 Å². The van der Waals surface area contributed by atoms with Gasteiger partial charge in [-0.05, 0) is 25.5 Å². The minimum atomic E-state index is 0.698. The van der Waals surface area contributed by atoms with E-state index in [0.29, 0.717) is 6.61 Å². The molecule has 0 bridgehead atoms. The summed E-state index contributed by atoms with van der Waals surface area (Å²) in [5.41, 5.74) is 1.10. The van der Waals surface area contributed by atoms with E-state index in [1.54, 1.807) is 6.20 Å². The third-order valence-electron chi connectivity index (χ3n) is 2.63. The Hall–Kier alpha value is -1.97. The van der Waals surface area contributed by atoms with Crippen molar-refractivity contribution in [3.8, 4) is 5.75 Å². The van der Waals surface area contributed by atoms with Gasteiger partial charge in [0.05, 0.1) is 12.9 Å². The molecule has 1 N–H and O–H groups in total. The second-order valence-electron chi connectivity index (χ2n) is 4.04. The van der Waals surface area contributed by atoms with Crippen molar-refractivity contribution in [3.05, 3.63) is 43.0 Å². The first kappa shape index (κ1) is 12.5. The number of aromatic nitrogens is 2. The first-order valence-corrected chi connectivity index (χ1v) is 6.31. The lowest BCUT2D eigenvalue weighted by Gasteiger charge is -2.09. The van der Waals surface area contributed by atoms with Gasteiger partial charge in [-0.2, -0.15) is 0 Å². The predicted octanol–water partition coefficient (Wildman–Crippen LogP) is 2.78. The Balaban J connectivity index is 1.74. The van der Waals surface area contributed by atoms with Gasteiger partial charge in [-0.3, -0.25) is 0 Å². The Morgan fingerprint density at radius 3 is 3.11 bits per heavy atom. The number of imidazole rings is 1. The molecular weight excluding hydrogens is 226 g/mol. The molecule has 0 aliphatic carbocycles. The summed E-state index contributed by atoms with van der Waals surface area (Å²) in [6.45, 7) is 4.61. The van der Waals surface area contributed by atoms with Crippen LogP contribution in [-0.4, -0.2) is 22.7 Å². The SMILES string of the molecule is CCOc1cccc(NCCCn2ccnc2)c1. The Labute approximate surface area is 108 Å². The van der Waals surface area contributed by atoms with Crippen molar-refractivity contribution in [1.29, 1.82) is 0 Å². The highest BCUT2D eigenvalue weighted by molar-refractivity contribution is 5.48. The van der Waals surface area contributed by atoms with Crippen molar-refractivity contribution in [2.24, 2.45) is 0 Å². The lowest BCUT2D eigenvalue weighted by molar-refractivity contribution is 0.340. The number of rotatable bonds is 7. The number of anilines is 1. The zero-order chi connectivity index (χ0) is 12.6. The average Bonchev–Trinajstić information content (AvgIpc) is 2.89. The number of aryl methyl sites for hydroxylation is 1. The van der Waals surface area contributed by atoms with Crippen molar-refractivity contribution >= 4 is 5.69 Å². The van der Waals surface area contributed by atoms with E-state index in [1.807, 2.05) is 37.6 Å². The number of ether oxygens (including phenoxy) is 1. The van der Waals surface area contributed by atoms with Crippen LogP contribution in [0, 0.1) is 0 Å². The van der Waals surface area contributed by atoms with Crippen molar-refractivity contribution < 1.29 is 4.74 Å². The lowest BCUT2D eigenvalue weighted by Crippen LogP contribution is -2.05. The summed E-state index contributed by atoms with van der Waals surface area (Å²) in [7, 11) is 0. The van der Waals surface area contributed by atoms with E-state index >= 15 is 0 Å². The van der Waals surface area contributed by atoms with Gasteiger partial charge in [0.15, 0.2) is 0 Å². The summed E-state index contributed by atoms with van der Waals surface area (Å²) in [5, 5.41) is 3.39. The third-order valence-corrected chi connectivity index (χ3v) is 2.63. The van der Waals surface area contributed by atoms with Gasteiger partial charge in [-0.25, -0.2) is 4.98 Å². The maximum absolute atomic E-state index is 5.46. The van der Waals surface area contributed by atoms with Gasteiger partial charge in [0.25, 0.3) is 0 Å². The number of benzene rings is 1. The summed E-state index contributed by atoms with van der Waals surface area (Å²) >= 11 is 0. The quantitative estimate of drug-likeness (QED) is 0.762. The maximum Gasteiger partial charge on any atom is 0.121 e.